The van der Waals surface area contributed by atoms with E-state index in [-0.39, 0.29) is 12.1 Å². The van der Waals surface area contributed by atoms with Crippen molar-refractivity contribution in [2.75, 3.05) is 11.9 Å². The summed E-state index contributed by atoms with van der Waals surface area (Å²) in [5.41, 5.74) is -0.704. The van der Waals surface area contributed by atoms with Gasteiger partial charge in [-0.25, -0.2) is 0 Å². The van der Waals surface area contributed by atoms with Crippen LogP contribution in [0.2, 0.25) is 0 Å². The summed E-state index contributed by atoms with van der Waals surface area (Å²) in [5.74, 6) is -3.99. The minimum atomic E-state index is -1.32. The van der Waals surface area contributed by atoms with Gasteiger partial charge in [0.25, 0.3) is 17.4 Å². The largest absolute Gasteiger partial charge is 0.506 e. The number of carbonyl (C=O) groups excluding carboxylic acids is 2. The van der Waals surface area contributed by atoms with E-state index in [1.165, 1.54) is 0 Å². The van der Waals surface area contributed by atoms with Crippen molar-refractivity contribution in [3.05, 3.63) is 93.9 Å². The van der Waals surface area contributed by atoms with Gasteiger partial charge in [-0.1, -0.05) is 48.5 Å². The first-order valence-electron chi connectivity index (χ1n) is 9.23. The number of carboxylic acids is 1. The van der Waals surface area contributed by atoms with Crippen LogP contribution in [0, 0.1) is 0 Å². The van der Waals surface area contributed by atoms with Crippen LogP contribution in [-0.4, -0.2) is 39.1 Å². The lowest BCUT2D eigenvalue weighted by Gasteiger charge is -2.14. The van der Waals surface area contributed by atoms with E-state index in [0.29, 0.717) is 5.69 Å². The van der Waals surface area contributed by atoms with Crippen molar-refractivity contribution in [2.24, 2.45) is 0 Å². The second-order valence-corrected chi connectivity index (χ2v) is 6.58. The number of nitrogens with one attached hydrogen (secondary N) is 2. The number of hydrogen-bond acceptors (Lipinski definition) is 5. The summed E-state index contributed by atoms with van der Waals surface area (Å²) in [6.07, 6.45) is 1.16. The summed E-state index contributed by atoms with van der Waals surface area (Å²) < 4.78 is 1.12. The van der Waals surface area contributed by atoms with Gasteiger partial charge in [0, 0.05) is 11.9 Å². The van der Waals surface area contributed by atoms with Gasteiger partial charge < -0.3 is 25.4 Å². The van der Waals surface area contributed by atoms with Crippen LogP contribution in [0.5, 0.6) is 5.75 Å². The Kier molecular flexibility index (Phi) is 6.46. The van der Waals surface area contributed by atoms with E-state index in [4.69, 9.17) is 5.11 Å². The van der Waals surface area contributed by atoms with Gasteiger partial charge in [0.05, 0.1) is 12.1 Å². The van der Waals surface area contributed by atoms with Gasteiger partial charge in [-0.2, -0.15) is 0 Å². The van der Waals surface area contributed by atoms with Crippen LogP contribution in [0.1, 0.15) is 26.3 Å². The Morgan fingerprint density at radius 1 is 0.903 bits per heavy atom. The van der Waals surface area contributed by atoms with Gasteiger partial charge in [-0.15, -0.1) is 0 Å². The molecule has 0 saturated carbocycles. The SMILES string of the molecule is O=C(O)CNC(=O)c1c(O)c(C(=O)Nc2ccccc2)cn(Cc2ccccc2)c1=O. The van der Waals surface area contributed by atoms with E-state index in [9.17, 15) is 24.3 Å². The van der Waals surface area contributed by atoms with Crippen molar-refractivity contribution in [2.45, 2.75) is 6.54 Å². The molecule has 0 radical (unpaired) electrons. The highest BCUT2D eigenvalue weighted by atomic mass is 16.4. The molecule has 9 nitrogen and oxygen atoms in total. The quantitative estimate of drug-likeness (QED) is 0.458. The zero-order valence-electron chi connectivity index (χ0n) is 16.2. The zero-order chi connectivity index (χ0) is 22.4. The van der Waals surface area contributed by atoms with Gasteiger partial charge >= 0.3 is 5.97 Å². The standard InChI is InChI=1S/C22H19N3O6/c26-17(27)11-23-21(30)18-19(28)16(20(29)24-15-9-5-2-6-10-15)13-25(22(18)31)12-14-7-3-1-4-8-14/h1-10,13,28H,11-12H2,(H,23,30)(H,24,29)(H,26,27). The zero-order valence-corrected chi connectivity index (χ0v) is 16.2. The van der Waals surface area contributed by atoms with Gasteiger partial charge in [0.15, 0.2) is 0 Å². The van der Waals surface area contributed by atoms with Crippen molar-refractivity contribution in [3.8, 4) is 5.75 Å². The lowest BCUT2D eigenvalue weighted by molar-refractivity contribution is -0.135. The maximum Gasteiger partial charge on any atom is 0.322 e. The molecule has 3 aromatic rings. The lowest BCUT2D eigenvalue weighted by atomic mass is 10.1. The van der Waals surface area contributed by atoms with Crippen LogP contribution in [0.3, 0.4) is 0 Å². The number of aromatic nitrogens is 1. The number of carboxylic acid groups (broad SMARTS) is 1. The molecular weight excluding hydrogens is 402 g/mol. The van der Waals surface area contributed by atoms with Crippen LogP contribution in [0.25, 0.3) is 0 Å². The Labute approximate surface area is 176 Å². The van der Waals surface area contributed by atoms with E-state index in [0.717, 1.165) is 16.3 Å². The predicted molar refractivity (Wildman–Crippen MR) is 112 cm³/mol. The number of amides is 2. The average molecular weight is 421 g/mol. The van der Waals surface area contributed by atoms with E-state index in [2.05, 4.69) is 5.32 Å². The van der Waals surface area contributed by atoms with Crippen molar-refractivity contribution in [1.82, 2.24) is 9.88 Å². The third-order valence-corrected chi connectivity index (χ3v) is 4.35. The van der Waals surface area contributed by atoms with Crippen LogP contribution in [0.15, 0.2) is 71.7 Å². The summed E-state index contributed by atoms with van der Waals surface area (Å²) in [7, 11) is 0. The fraction of sp³-hybridized carbons (Fsp3) is 0.0909. The van der Waals surface area contributed by atoms with E-state index >= 15 is 0 Å². The van der Waals surface area contributed by atoms with E-state index < -0.39 is 41.2 Å². The molecule has 0 spiro atoms. The molecule has 31 heavy (non-hydrogen) atoms. The minimum absolute atomic E-state index is 0.0325. The maximum absolute atomic E-state index is 12.9. The monoisotopic (exact) mass is 421 g/mol. The smallest absolute Gasteiger partial charge is 0.322 e. The molecule has 9 heteroatoms. The Morgan fingerprint density at radius 2 is 1.52 bits per heavy atom. The molecule has 0 saturated heterocycles. The molecule has 3 rings (SSSR count). The number of carbonyl (C=O) groups is 3. The number of benzene rings is 2. The predicted octanol–water partition coefficient (Wildman–Crippen LogP) is 1.67. The van der Waals surface area contributed by atoms with Crippen LogP contribution in [0.4, 0.5) is 5.69 Å². The Balaban J connectivity index is 2.06. The van der Waals surface area contributed by atoms with Gasteiger partial charge in [0.2, 0.25) is 0 Å². The van der Waals surface area contributed by atoms with Gasteiger partial charge in [-0.3, -0.25) is 19.2 Å². The maximum atomic E-state index is 12.9. The first kappa shape index (κ1) is 21.3. The lowest BCUT2D eigenvalue weighted by Crippen LogP contribution is -2.36. The molecule has 0 aliphatic heterocycles. The molecule has 0 bridgehead atoms. The fourth-order valence-electron chi connectivity index (χ4n) is 2.89. The third-order valence-electron chi connectivity index (χ3n) is 4.35. The molecule has 0 unspecified atom stereocenters. The molecule has 0 aliphatic carbocycles. The first-order valence-corrected chi connectivity index (χ1v) is 9.23. The highest BCUT2D eigenvalue weighted by Crippen LogP contribution is 2.22. The molecule has 0 fully saturated rings. The molecule has 2 amide bonds. The topological polar surface area (TPSA) is 138 Å². The number of aromatic hydroxyl groups is 1. The fourth-order valence-corrected chi connectivity index (χ4v) is 2.89. The normalized spacial score (nSPS) is 10.3. The van der Waals surface area contributed by atoms with Crippen LogP contribution >= 0.6 is 0 Å². The van der Waals surface area contributed by atoms with Crippen molar-refractivity contribution < 1.29 is 24.6 Å². The average Bonchev–Trinajstić information content (AvgIpc) is 2.75. The third kappa shape index (κ3) is 5.15. The number of nitrogens with zero attached hydrogens (tertiary/aromatic N) is 1. The van der Waals surface area contributed by atoms with Crippen molar-refractivity contribution in [1.29, 1.82) is 0 Å². The minimum Gasteiger partial charge on any atom is -0.506 e. The highest BCUT2D eigenvalue weighted by molar-refractivity contribution is 6.09. The molecular formula is C22H19N3O6. The molecule has 1 aromatic heterocycles. The van der Waals surface area contributed by atoms with Gasteiger partial charge in [0.1, 0.15) is 17.9 Å². The molecule has 2 aromatic carbocycles. The Hall–Kier alpha value is -4.40. The summed E-state index contributed by atoms with van der Waals surface area (Å²) in [4.78, 5) is 48.9. The molecule has 1 heterocycles. The summed E-state index contributed by atoms with van der Waals surface area (Å²) in [6, 6.07) is 17.3. The number of pyridine rings is 1. The van der Waals surface area contributed by atoms with Crippen LogP contribution in [-0.2, 0) is 11.3 Å². The number of anilines is 1. The molecule has 0 atom stereocenters. The first-order chi connectivity index (χ1) is 14.9. The number of rotatable bonds is 7. The Morgan fingerprint density at radius 3 is 2.13 bits per heavy atom. The Bertz CT molecular complexity index is 1170. The summed E-state index contributed by atoms with van der Waals surface area (Å²) >= 11 is 0. The van der Waals surface area contributed by atoms with E-state index in [1.54, 1.807) is 60.7 Å². The molecule has 0 aliphatic rings. The van der Waals surface area contributed by atoms with Crippen LogP contribution < -0.4 is 16.2 Å². The summed E-state index contributed by atoms with van der Waals surface area (Å²) in [5, 5.41) is 24.0. The number of hydrogen-bond donors (Lipinski definition) is 4. The number of para-hydroxylation sites is 1. The van der Waals surface area contributed by atoms with E-state index in [1.807, 2.05) is 5.32 Å². The van der Waals surface area contributed by atoms with Gasteiger partial charge in [-0.05, 0) is 17.7 Å². The second-order valence-electron chi connectivity index (χ2n) is 6.58. The summed E-state index contributed by atoms with van der Waals surface area (Å²) in [6.45, 7) is -0.721. The second kappa shape index (κ2) is 9.40. The highest BCUT2D eigenvalue weighted by Gasteiger charge is 2.25. The number of aliphatic carboxylic acids is 1. The molecule has 158 valence electrons. The van der Waals surface area contributed by atoms with Crippen molar-refractivity contribution >= 4 is 23.5 Å². The molecule has 4 N–H and O–H groups in total. The van der Waals surface area contributed by atoms with Crippen molar-refractivity contribution in [3.63, 3.8) is 0 Å².